The molecule has 0 saturated heterocycles. The first-order chi connectivity index (χ1) is 11.0. The number of aliphatic carboxylic acids is 1. The summed E-state index contributed by atoms with van der Waals surface area (Å²) in [7, 11) is 0. The lowest BCUT2D eigenvalue weighted by atomic mass is 9.89. The van der Waals surface area contributed by atoms with Crippen LogP contribution in [0.15, 0.2) is 24.3 Å². The van der Waals surface area contributed by atoms with Gasteiger partial charge in [0.05, 0.1) is 18.3 Å². The molecule has 23 heavy (non-hydrogen) atoms. The Balaban J connectivity index is 2.47. The van der Waals surface area contributed by atoms with E-state index in [1.807, 2.05) is 12.2 Å². The number of unbranched alkanes of at least 4 members (excludes halogenated alkanes) is 1. The van der Waals surface area contributed by atoms with E-state index >= 15 is 0 Å². The molecule has 1 saturated carbocycles. The lowest BCUT2D eigenvalue weighted by Gasteiger charge is -2.19. The summed E-state index contributed by atoms with van der Waals surface area (Å²) in [5, 5.41) is 38.7. The van der Waals surface area contributed by atoms with Crippen LogP contribution >= 0.6 is 0 Å². The minimum atomic E-state index is -0.818. The minimum Gasteiger partial charge on any atom is -0.481 e. The monoisotopic (exact) mass is 326 g/mol. The molecule has 1 rings (SSSR count). The van der Waals surface area contributed by atoms with Crippen molar-refractivity contribution in [1.29, 1.82) is 0 Å². The Bertz CT molecular complexity index is 404. The van der Waals surface area contributed by atoms with Gasteiger partial charge in [-0.2, -0.15) is 0 Å². The van der Waals surface area contributed by atoms with Gasteiger partial charge in [-0.1, -0.05) is 31.2 Å². The third kappa shape index (κ3) is 7.29. The van der Waals surface area contributed by atoms with Gasteiger partial charge in [-0.25, -0.2) is 0 Å². The second-order valence-electron chi connectivity index (χ2n) is 6.32. The van der Waals surface area contributed by atoms with Crippen LogP contribution in [-0.2, 0) is 4.79 Å². The topological polar surface area (TPSA) is 98.0 Å². The molecule has 0 aliphatic heterocycles. The van der Waals surface area contributed by atoms with E-state index in [2.05, 4.69) is 13.0 Å². The Hall–Kier alpha value is -1.17. The molecule has 1 aliphatic carbocycles. The van der Waals surface area contributed by atoms with Gasteiger partial charge in [0.25, 0.3) is 0 Å². The number of carbonyl (C=O) groups is 1. The molecule has 0 aromatic carbocycles. The van der Waals surface area contributed by atoms with Crippen molar-refractivity contribution in [3.8, 4) is 0 Å². The van der Waals surface area contributed by atoms with Crippen molar-refractivity contribution in [2.45, 2.75) is 70.2 Å². The second-order valence-corrected chi connectivity index (χ2v) is 6.32. The zero-order valence-corrected chi connectivity index (χ0v) is 13.8. The quantitative estimate of drug-likeness (QED) is 0.365. The van der Waals surface area contributed by atoms with Gasteiger partial charge >= 0.3 is 5.97 Å². The van der Waals surface area contributed by atoms with Crippen molar-refractivity contribution in [2.24, 2.45) is 11.8 Å². The highest BCUT2D eigenvalue weighted by molar-refractivity contribution is 5.66. The van der Waals surface area contributed by atoms with Crippen LogP contribution in [0.5, 0.6) is 0 Å². The summed E-state index contributed by atoms with van der Waals surface area (Å²) in [6, 6.07) is 0. The molecule has 0 unspecified atom stereocenters. The van der Waals surface area contributed by atoms with Crippen molar-refractivity contribution >= 4 is 5.97 Å². The summed E-state index contributed by atoms with van der Waals surface area (Å²) in [5.74, 6) is -0.996. The zero-order valence-electron chi connectivity index (χ0n) is 13.8. The van der Waals surface area contributed by atoms with E-state index in [0.717, 1.165) is 12.8 Å². The normalized spacial score (nSPS) is 29.6. The zero-order chi connectivity index (χ0) is 17.2. The first kappa shape index (κ1) is 19.9. The largest absolute Gasteiger partial charge is 0.481 e. The van der Waals surface area contributed by atoms with E-state index in [9.17, 15) is 20.1 Å². The fourth-order valence-electron chi connectivity index (χ4n) is 3.11. The summed E-state index contributed by atoms with van der Waals surface area (Å²) in [6.07, 6.45) is 9.69. The summed E-state index contributed by atoms with van der Waals surface area (Å²) in [4.78, 5) is 10.4. The number of hydrogen-bond acceptors (Lipinski definition) is 4. The molecule has 0 aromatic rings. The molecule has 0 amide bonds. The van der Waals surface area contributed by atoms with Crippen molar-refractivity contribution < 1.29 is 25.2 Å². The highest BCUT2D eigenvalue weighted by Gasteiger charge is 2.39. The number of rotatable bonds is 10. The molecule has 5 heteroatoms. The first-order valence-corrected chi connectivity index (χ1v) is 8.55. The Labute approximate surface area is 138 Å². The number of aliphatic hydroxyl groups excluding tert-OH is 3. The third-order valence-electron chi connectivity index (χ3n) is 4.42. The standard InChI is InChI=1S/C18H30O5/c1-2-3-4-8-14-15(17(21)12-16(14)20)11-10-13(19)7-5-6-9-18(22)23/h3-4,10-11,13-17,19-21H,2,5-9,12H2,1H3,(H,22,23)/b4-3-,11-10+/t13-,14+,15-,16-,17+/m0/s1. The number of carboxylic acid groups (broad SMARTS) is 1. The van der Waals surface area contributed by atoms with Crippen LogP contribution in [-0.4, -0.2) is 44.7 Å². The Morgan fingerprint density at radius 2 is 1.96 bits per heavy atom. The maximum Gasteiger partial charge on any atom is 0.303 e. The summed E-state index contributed by atoms with van der Waals surface area (Å²) >= 11 is 0. The molecule has 5 atom stereocenters. The van der Waals surface area contributed by atoms with E-state index in [-0.39, 0.29) is 18.3 Å². The van der Waals surface area contributed by atoms with Gasteiger partial charge < -0.3 is 20.4 Å². The van der Waals surface area contributed by atoms with Gasteiger partial charge in [-0.3, -0.25) is 4.79 Å². The SMILES string of the molecule is CC/C=C\C[C@@H]1[C@H](/C=C/[C@@H](O)CCCCC(=O)O)[C@H](O)C[C@@H]1O. The Morgan fingerprint density at radius 1 is 1.22 bits per heavy atom. The van der Waals surface area contributed by atoms with Crippen LogP contribution in [0, 0.1) is 11.8 Å². The van der Waals surface area contributed by atoms with E-state index in [1.54, 1.807) is 6.08 Å². The van der Waals surface area contributed by atoms with Gasteiger partial charge in [0, 0.05) is 18.8 Å². The van der Waals surface area contributed by atoms with Crippen LogP contribution in [0.25, 0.3) is 0 Å². The van der Waals surface area contributed by atoms with Crippen LogP contribution in [0.4, 0.5) is 0 Å². The molecule has 0 spiro atoms. The highest BCUT2D eigenvalue weighted by Crippen LogP contribution is 2.36. The summed E-state index contributed by atoms with van der Waals surface area (Å²) in [6.45, 7) is 2.05. The fourth-order valence-corrected chi connectivity index (χ4v) is 3.11. The molecule has 0 radical (unpaired) electrons. The molecule has 1 fully saturated rings. The fraction of sp³-hybridized carbons (Fsp3) is 0.722. The van der Waals surface area contributed by atoms with Crippen LogP contribution in [0.3, 0.4) is 0 Å². The van der Waals surface area contributed by atoms with Crippen LogP contribution < -0.4 is 0 Å². The van der Waals surface area contributed by atoms with E-state index in [4.69, 9.17) is 5.11 Å². The van der Waals surface area contributed by atoms with Crippen molar-refractivity contribution in [3.05, 3.63) is 24.3 Å². The minimum absolute atomic E-state index is 0.0248. The van der Waals surface area contributed by atoms with Gasteiger partial charge in [0.2, 0.25) is 0 Å². The molecule has 5 nitrogen and oxygen atoms in total. The number of hydrogen-bond donors (Lipinski definition) is 4. The smallest absolute Gasteiger partial charge is 0.303 e. The van der Waals surface area contributed by atoms with Crippen LogP contribution in [0.2, 0.25) is 0 Å². The van der Waals surface area contributed by atoms with Crippen molar-refractivity contribution in [2.75, 3.05) is 0 Å². The first-order valence-electron chi connectivity index (χ1n) is 8.55. The predicted octanol–water partition coefficient (Wildman–Crippen LogP) is 2.26. The lowest BCUT2D eigenvalue weighted by Crippen LogP contribution is -2.20. The molecular formula is C18H30O5. The second kappa shape index (κ2) is 10.6. The van der Waals surface area contributed by atoms with Crippen LogP contribution in [0.1, 0.15) is 51.9 Å². The highest BCUT2D eigenvalue weighted by atomic mass is 16.4. The average molecular weight is 326 g/mol. The molecule has 0 heterocycles. The maximum absolute atomic E-state index is 10.4. The maximum atomic E-state index is 10.4. The average Bonchev–Trinajstić information content (AvgIpc) is 2.75. The number of carboxylic acids is 1. The molecule has 132 valence electrons. The number of aliphatic hydroxyl groups is 3. The van der Waals surface area contributed by atoms with Gasteiger partial charge in [-0.05, 0) is 38.0 Å². The van der Waals surface area contributed by atoms with E-state index < -0.39 is 24.3 Å². The Kier molecular flexibility index (Phi) is 9.14. The van der Waals surface area contributed by atoms with Gasteiger partial charge in [0.1, 0.15) is 0 Å². The molecule has 0 bridgehead atoms. The van der Waals surface area contributed by atoms with Gasteiger partial charge in [-0.15, -0.1) is 0 Å². The molecule has 1 aliphatic rings. The van der Waals surface area contributed by atoms with E-state index in [0.29, 0.717) is 25.7 Å². The van der Waals surface area contributed by atoms with E-state index in [1.165, 1.54) is 0 Å². The molecule has 0 aromatic heterocycles. The Morgan fingerprint density at radius 3 is 2.61 bits per heavy atom. The predicted molar refractivity (Wildman–Crippen MR) is 88.9 cm³/mol. The van der Waals surface area contributed by atoms with Crippen molar-refractivity contribution in [3.63, 3.8) is 0 Å². The van der Waals surface area contributed by atoms with Gasteiger partial charge in [0.15, 0.2) is 0 Å². The number of allylic oxidation sites excluding steroid dienone is 2. The third-order valence-corrected chi connectivity index (χ3v) is 4.42. The molecule has 4 N–H and O–H groups in total. The summed E-state index contributed by atoms with van der Waals surface area (Å²) in [5.41, 5.74) is 0. The summed E-state index contributed by atoms with van der Waals surface area (Å²) < 4.78 is 0. The van der Waals surface area contributed by atoms with Crippen molar-refractivity contribution in [1.82, 2.24) is 0 Å². The lowest BCUT2D eigenvalue weighted by molar-refractivity contribution is -0.137. The molecular weight excluding hydrogens is 296 g/mol.